The van der Waals surface area contributed by atoms with E-state index in [0.29, 0.717) is 37.6 Å². The van der Waals surface area contributed by atoms with E-state index >= 15 is 0 Å². The maximum Gasteiger partial charge on any atom is 0.243 e. The molecular formula is C20H32ClN3O3S. The van der Waals surface area contributed by atoms with Crippen molar-refractivity contribution in [2.24, 2.45) is 5.92 Å². The quantitative estimate of drug-likeness (QED) is 0.752. The molecule has 28 heavy (non-hydrogen) atoms. The Labute approximate surface area is 175 Å². The van der Waals surface area contributed by atoms with Crippen LogP contribution in [-0.2, 0) is 20.2 Å². The minimum Gasteiger partial charge on any atom is -0.339 e. The average Bonchev–Trinajstić information content (AvgIpc) is 3.45. The fourth-order valence-corrected chi connectivity index (χ4v) is 4.69. The van der Waals surface area contributed by atoms with E-state index in [-0.39, 0.29) is 23.7 Å². The molecule has 0 atom stereocenters. The first-order valence-electron chi connectivity index (χ1n) is 9.77. The lowest BCUT2D eigenvalue weighted by Gasteiger charge is -2.34. The Morgan fingerprint density at radius 1 is 1.07 bits per heavy atom. The SMILES string of the molecule is CC(C)(C)c1ccc(S(=O)(=O)N2CCN(C(=O)CNCC3CC3)CC2)cc1.Cl. The summed E-state index contributed by atoms with van der Waals surface area (Å²) in [6.07, 6.45) is 2.52. The van der Waals surface area contributed by atoms with Crippen LogP contribution in [0, 0.1) is 5.92 Å². The lowest BCUT2D eigenvalue weighted by molar-refractivity contribution is -0.131. The highest BCUT2D eigenvalue weighted by atomic mass is 35.5. The molecule has 8 heteroatoms. The fraction of sp³-hybridized carbons (Fsp3) is 0.650. The second kappa shape index (κ2) is 9.11. The smallest absolute Gasteiger partial charge is 0.243 e. The number of hydrogen-bond donors (Lipinski definition) is 1. The van der Waals surface area contributed by atoms with Gasteiger partial charge in [0.05, 0.1) is 11.4 Å². The van der Waals surface area contributed by atoms with E-state index in [0.717, 1.165) is 18.0 Å². The summed E-state index contributed by atoms with van der Waals surface area (Å²) in [6, 6.07) is 7.15. The number of piperazine rings is 1. The number of halogens is 1. The normalized spacial score (nSPS) is 18.6. The zero-order valence-corrected chi connectivity index (χ0v) is 18.6. The maximum absolute atomic E-state index is 12.9. The minimum absolute atomic E-state index is 0. The monoisotopic (exact) mass is 429 g/mol. The Balaban J connectivity index is 0.00000280. The molecule has 2 aliphatic rings. The van der Waals surface area contributed by atoms with Crippen molar-refractivity contribution >= 4 is 28.3 Å². The third-order valence-electron chi connectivity index (χ3n) is 5.36. The number of sulfonamides is 1. The standard InChI is InChI=1S/C20H31N3O3S.ClH/c1-20(2,3)17-6-8-18(9-7-17)27(25,26)23-12-10-22(11-13-23)19(24)15-21-14-16-4-5-16;/h6-9,16,21H,4-5,10-15H2,1-3H3;1H. The van der Waals surface area contributed by atoms with Gasteiger partial charge in [-0.3, -0.25) is 4.79 Å². The van der Waals surface area contributed by atoms with Crippen molar-refractivity contribution in [2.75, 3.05) is 39.3 Å². The molecule has 1 aliphatic carbocycles. The molecule has 0 bridgehead atoms. The van der Waals surface area contributed by atoms with Crippen molar-refractivity contribution in [1.82, 2.24) is 14.5 Å². The molecule has 1 aromatic carbocycles. The van der Waals surface area contributed by atoms with Gasteiger partial charge in [-0.15, -0.1) is 12.4 Å². The first-order valence-corrected chi connectivity index (χ1v) is 11.2. The molecule has 2 fully saturated rings. The zero-order valence-electron chi connectivity index (χ0n) is 17.0. The van der Waals surface area contributed by atoms with Gasteiger partial charge in [-0.1, -0.05) is 32.9 Å². The van der Waals surface area contributed by atoms with Crippen LogP contribution < -0.4 is 5.32 Å². The van der Waals surface area contributed by atoms with Crippen LogP contribution in [0.4, 0.5) is 0 Å². The summed E-state index contributed by atoms with van der Waals surface area (Å²) in [4.78, 5) is 14.3. The van der Waals surface area contributed by atoms with E-state index in [1.54, 1.807) is 17.0 Å². The molecule has 3 rings (SSSR count). The van der Waals surface area contributed by atoms with Gasteiger partial charge in [-0.2, -0.15) is 4.31 Å². The third kappa shape index (κ3) is 5.69. The third-order valence-corrected chi connectivity index (χ3v) is 7.27. The number of nitrogens with zero attached hydrogens (tertiary/aromatic N) is 2. The summed E-state index contributed by atoms with van der Waals surface area (Å²) in [6.45, 7) is 9.15. The largest absolute Gasteiger partial charge is 0.339 e. The predicted molar refractivity (Wildman–Crippen MR) is 113 cm³/mol. The first-order chi connectivity index (χ1) is 12.7. The molecule has 158 valence electrons. The summed E-state index contributed by atoms with van der Waals surface area (Å²) >= 11 is 0. The molecule has 6 nitrogen and oxygen atoms in total. The molecule has 0 spiro atoms. The summed E-state index contributed by atoms with van der Waals surface area (Å²) in [5, 5.41) is 3.21. The molecule has 0 unspecified atom stereocenters. The molecule has 1 N–H and O–H groups in total. The first kappa shape index (κ1) is 23.1. The fourth-order valence-electron chi connectivity index (χ4n) is 3.27. The number of amides is 1. The van der Waals surface area contributed by atoms with Crippen molar-refractivity contribution in [2.45, 2.75) is 43.9 Å². The lowest BCUT2D eigenvalue weighted by atomic mass is 9.87. The van der Waals surface area contributed by atoms with Gasteiger partial charge in [-0.25, -0.2) is 8.42 Å². The Hall–Kier alpha value is -1.15. The van der Waals surface area contributed by atoms with Crippen LogP contribution >= 0.6 is 12.4 Å². The average molecular weight is 430 g/mol. The number of carbonyl (C=O) groups is 1. The molecule has 0 aromatic heterocycles. The van der Waals surface area contributed by atoms with Crippen LogP contribution in [0.15, 0.2) is 29.2 Å². The van der Waals surface area contributed by atoms with Crippen LogP contribution in [0.3, 0.4) is 0 Å². The second-order valence-electron chi connectivity index (χ2n) is 8.63. The van der Waals surface area contributed by atoms with Gasteiger partial charge in [-0.05, 0) is 48.4 Å². The highest BCUT2D eigenvalue weighted by Crippen LogP contribution is 2.27. The summed E-state index contributed by atoms with van der Waals surface area (Å²) < 4.78 is 27.3. The van der Waals surface area contributed by atoms with E-state index < -0.39 is 10.0 Å². The van der Waals surface area contributed by atoms with E-state index in [1.165, 1.54) is 17.1 Å². The maximum atomic E-state index is 12.9. The van der Waals surface area contributed by atoms with E-state index in [2.05, 4.69) is 26.1 Å². The highest BCUT2D eigenvalue weighted by Gasteiger charge is 2.30. The number of rotatable bonds is 6. The molecule has 1 saturated heterocycles. The Morgan fingerprint density at radius 2 is 1.64 bits per heavy atom. The van der Waals surface area contributed by atoms with Crippen LogP contribution in [0.2, 0.25) is 0 Å². The van der Waals surface area contributed by atoms with Gasteiger partial charge in [0, 0.05) is 26.2 Å². The second-order valence-corrected chi connectivity index (χ2v) is 10.6. The Kier molecular flexibility index (Phi) is 7.53. The summed E-state index contributed by atoms with van der Waals surface area (Å²) in [5.74, 6) is 0.798. The van der Waals surface area contributed by atoms with Gasteiger partial charge < -0.3 is 10.2 Å². The van der Waals surface area contributed by atoms with Crippen LogP contribution in [-0.4, -0.2) is 62.8 Å². The number of benzene rings is 1. The van der Waals surface area contributed by atoms with Crippen molar-refractivity contribution in [3.05, 3.63) is 29.8 Å². The molecule has 1 heterocycles. The number of nitrogens with one attached hydrogen (secondary N) is 1. The van der Waals surface area contributed by atoms with Gasteiger partial charge in [0.1, 0.15) is 0 Å². The van der Waals surface area contributed by atoms with Gasteiger partial charge in [0.2, 0.25) is 15.9 Å². The summed E-state index contributed by atoms with van der Waals surface area (Å²) in [5.41, 5.74) is 1.09. The zero-order chi connectivity index (χ0) is 19.7. The van der Waals surface area contributed by atoms with Crippen molar-refractivity contribution in [3.63, 3.8) is 0 Å². The van der Waals surface area contributed by atoms with Crippen LogP contribution in [0.5, 0.6) is 0 Å². The number of carbonyl (C=O) groups excluding carboxylic acids is 1. The lowest BCUT2D eigenvalue weighted by Crippen LogP contribution is -2.52. The van der Waals surface area contributed by atoms with Crippen molar-refractivity contribution in [3.8, 4) is 0 Å². The van der Waals surface area contributed by atoms with E-state index in [1.807, 2.05) is 12.1 Å². The summed E-state index contributed by atoms with van der Waals surface area (Å²) in [7, 11) is -3.51. The topological polar surface area (TPSA) is 69.7 Å². The van der Waals surface area contributed by atoms with Crippen molar-refractivity contribution in [1.29, 1.82) is 0 Å². The number of hydrogen-bond acceptors (Lipinski definition) is 4. The molecule has 1 aromatic rings. The van der Waals surface area contributed by atoms with E-state index in [9.17, 15) is 13.2 Å². The molecule has 1 aliphatic heterocycles. The van der Waals surface area contributed by atoms with E-state index in [4.69, 9.17) is 0 Å². The molecule has 0 radical (unpaired) electrons. The highest BCUT2D eigenvalue weighted by molar-refractivity contribution is 7.89. The van der Waals surface area contributed by atoms with Gasteiger partial charge in [0.25, 0.3) is 0 Å². The van der Waals surface area contributed by atoms with Gasteiger partial charge >= 0.3 is 0 Å². The van der Waals surface area contributed by atoms with Gasteiger partial charge in [0.15, 0.2) is 0 Å². The van der Waals surface area contributed by atoms with Crippen LogP contribution in [0.1, 0.15) is 39.2 Å². The Morgan fingerprint density at radius 3 is 2.14 bits per heavy atom. The molecule has 1 amide bonds. The Bertz CT molecular complexity index is 763. The molecule has 1 saturated carbocycles. The van der Waals surface area contributed by atoms with Crippen LogP contribution in [0.25, 0.3) is 0 Å². The predicted octanol–water partition coefficient (Wildman–Crippen LogP) is 2.24. The minimum atomic E-state index is -3.51. The molecular weight excluding hydrogens is 398 g/mol. The van der Waals surface area contributed by atoms with Crippen molar-refractivity contribution < 1.29 is 13.2 Å².